The number of amides is 1. The van der Waals surface area contributed by atoms with E-state index in [-0.39, 0.29) is 23.1 Å². The van der Waals surface area contributed by atoms with Crippen LogP contribution in [0.25, 0.3) is 6.08 Å². The maximum absolute atomic E-state index is 12.3. The predicted octanol–water partition coefficient (Wildman–Crippen LogP) is 2.02. The molecule has 0 radical (unpaired) electrons. The van der Waals surface area contributed by atoms with Gasteiger partial charge in [-0.05, 0) is 43.5 Å². The number of likely N-dealkylation sites (N-methyl/N-ethyl adjacent to an activating group) is 1. The summed E-state index contributed by atoms with van der Waals surface area (Å²) in [5, 5.41) is 0. The minimum atomic E-state index is -3.64. The molecule has 1 fully saturated rings. The maximum atomic E-state index is 12.3. The molecule has 24 heavy (non-hydrogen) atoms. The summed E-state index contributed by atoms with van der Waals surface area (Å²) in [5.41, 5.74) is 0.632. The highest BCUT2D eigenvalue weighted by Gasteiger charge is 2.30. The van der Waals surface area contributed by atoms with Crippen molar-refractivity contribution in [1.29, 1.82) is 0 Å². The average Bonchev–Trinajstić information content (AvgIpc) is 3.38. The zero-order chi connectivity index (χ0) is 17.7. The van der Waals surface area contributed by atoms with Crippen molar-refractivity contribution in [1.82, 2.24) is 9.62 Å². The van der Waals surface area contributed by atoms with Gasteiger partial charge < -0.3 is 9.64 Å². The van der Waals surface area contributed by atoms with Gasteiger partial charge in [0, 0.05) is 25.2 Å². The van der Waals surface area contributed by atoms with Gasteiger partial charge in [0.05, 0.1) is 7.11 Å². The Balaban J connectivity index is 2.25. The molecule has 1 aliphatic carbocycles. The first-order chi connectivity index (χ1) is 11.4. The first-order valence-corrected chi connectivity index (χ1v) is 9.57. The van der Waals surface area contributed by atoms with Crippen LogP contribution >= 0.6 is 0 Å². The first-order valence-electron chi connectivity index (χ1n) is 8.09. The van der Waals surface area contributed by atoms with Crippen LogP contribution in [0.4, 0.5) is 0 Å². The van der Waals surface area contributed by atoms with E-state index in [0.717, 1.165) is 12.8 Å². The van der Waals surface area contributed by atoms with Crippen molar-refractivity contribution < 1.29 is 17.9 Å². The third-order valence-electron chi connectivity index (χ3n) is 3.84. The van der Waals surface area contributed by atoms with Crippen LogP contribution < -0.4 is 9.46 Å². The first kappa shape index (κ1) is 18.5. The normalized spacial score (nSPS) is 14.8. The topological polar surface area (TPSA) is 75.7 Å². The maximum Gasteiger partial charge on any atom is 0.246 e. The van der Waals surface area contributed by atoms with Crippen molar-refractivity contribution >= 4 is 22.0 Å². The van der Waals surface area contributed by atoms with Crippen LogP contribution in [-0.2, 0) is 14.8 Å². The number of carbonyl (C=O) groups is 1. The second-order valence-electron chi connectivity index (χ2n) is 5.60. The molecule has 1 saturated carbocycles. The molecule has 0 atom stereocenters. The summed E-state index contributed by atoms with van der Waals surface area (Å²) in [6.07, 6.45) is 5.24. The van der Waals surface area contributed by atoms with Crippen LogP contribution in [0.2, 0.25) is 0 Å². The standard InChI is InChI=1S/C17H24N2O4S/c1-4-18-24(21,22)16-12-13(6-10-15(16)23-3)7-11-17(20)19(5-2)14-8-9-14/h6-7,10-12,14,18H,4-5,8-9H2,1-3H3/b11-7+. The smallest absolute Gasteiger partial charge is 0.246 e. The molecule has 0 aromatic heterocycles. The molecule has 0 heterocycles. The van der Waals surface area contributed by atoms with Crippen LogP contribution in [0.1, 0.15) is 32.3 Å². The number of carbonyl (C=O) groups excluding carboxylic acids is 1. The number of sulfonamides is 1. The van der Waals surface area contributed by atoms with Gasteiger partial charge in [-0.2, -0.15) is 0 Å². The monoisotopic (exact) mass is 352 g/mol. The highest BCUT2D eigenvalue weighted by molar-refractivity contribution is 7.89. The SMILES string of the molecule is CCNS(=O)(=O)c1cc(/C=C/C(=O)N(CC)C2CC2)ccc1OC. The number of methoxy groups -OCH3 is 1. The highest BCUT2D eigenvalue weighted by atomic mass is 32.2. The summed E-state index contributed by atoms with van der Waals surface area (Å²) in [7, 11) is -2.22. The summed E-state index contributed by atoms with van der Waals surface area (Å²) in [5.74, 6) is 0.222. The average molecular weight is 352 g/mol. The van der Waals surface area contributed by atoms with Crippen LogP contribution in [0.15, 0.2) is 29.2 Å². The van der Waals surface area contributed by atoms with E-state index in [1.54, 1.807) is 25.1 Å². The third-order valence-corrected chi connectivity index (χ3v) is 5.41. The van der Waals surface area contributed by atoms with E-state index in [1.807, 2.05) is 11.8 Å². The molecule has 0 bridgehead atoms. The van der Waals surface area contributed by atoms with Gasteiger partial charge in [0.25, 0.3) is 0 Å². The number of nitrogens with zero attached hydrogens (tertiary/aromatic N) is 1. The van der Waals surface area contributed by atoms with E-state index in [0.29, 0.717) is 18.2 Å². The summed E-state index contributed by atoms with van der Waals surface area (Å²) in [4.78, 5) is 14.1. The molecule has 2 rings (SSSR count). The van der Waals surface area contributed by atoms with Gasteiger partial charge in [0.15, 0.2) is 0 Å². The van der Waals surface area contributed by atoms with Gasteiger partial charge in [0.1, 0.15) is 10.6 Å². The van der Waals surface area contributed by atoms with E-state index in [4.69, 9.17) is 4.74 Å². The van der Waals surface area contributed by atoms with Gasteiger partial charge in [-0.1, -0.05) is 13.0 Å². The Labute approximate surface area is 143 Å². The molecular formula is C17H24N2O4S. The third kappa shape index (κ3) is 4.36. The molecule has 1 amide bonds. The second kappa shape index (κ2) is 7.81. The van der Waals surface area contributed by atoms with Crippen molar-refractivity contribution in [3.63, 3.8) is 0 Å². The summed E-state index contributed by atoms with van der Waals surface area (Å²) in [6, 6.07) is 5.18. The van der Waals surface area contributed by atoms with Gasteiger partial charge in [-0.25, -0.2) is 13.1 Å². The number of hydrogen-bond donors (Lipinski definition) is 1. The van der Waals surface area contributed by atoms with Crippen LogP contribution in [0.5, 0.6) is 5.75 Å². The molecule has 0 unspecified atom stereocenters. The summed E-state index contributed by atoms with van der Waals surface area (Å²) in [6.45, 7) is 4.63. The molecule has 0 aliphatic heterocycles. The van der Waals surface area contributed by atoms with E-state index in [2.05, 4.69) is 4.72 Å². The molecule has 132 valence electrons. The number of benzene rings is 1. The van der Waals surface area contributed by atoms with Gasteiger partial charge in [0.2, 0.25) is 15.9 Å². The molecular weight excluding hydrogens is 328 g/mol. The molecule has 1 N–H and O–H groups in total. The van der Waals surface area contributed by atoms with E-state index < -0.39 is 10.0 Å². The van der Waals surface area contributed by atoms with Crippen LogP contribution in [-0.4, -0.2) is 45.5 Å². The van der Waals surface area contributed by atoms with E-state index >= 15 is 0 Å². The van der Waals surface area contributed by atoms with Crippen LogP contribution in [0, 0.1) is 0 Å². The van der Waals surface area contributed by atoms with Gasteiger partial charge in [-0.15, -0.1) is 0 Å². The van der Waals surface area contributed by atoms with Gasteiger partial charge in [-0.3, -0.25) is 4.79 Å². The van der Waals surface area contributed by atoms with Crippen molar-refractivity contribution in [2.45, 2.75) is 37.6 Å². The molecule has 0 saturated heterocycles. The van der Waals surface area contributed by atoms with Crippen molar-refractivity contribution in [3.05, 3.63) is 29.8 Å². The molecule has 7 heteroatoms. The van der Waals surface area contributed by atoms with Gasteiger partial charge >= 0.3 is 0 Å². The van der Waals surface area contributed by atoms with E-state index in [1.165, 1.54) is 19.3 Å². The Hall–Kier alpha value is -1.86. The molecule has 0 spiro atoms. The van der Waals surface area contributed by atoms with E-state index in [9.17, 15) is 13.2 Å². The predicted molar refractivity (Wildman–Crippen MR) is 93.3 cm³/mol. The fourth-order valence-electron chi connectivity index (χ4n) is 2.52. The molecule has 1 aromatic carbocycles. The fraction of sp³-hybridized carbons (Fsp3) is 0.471. The minimum absolute atomic E-state index is 0.0492. The highest BCUT2D eigenvalue weighted by Crippen LogP contribution is 2.27. The number of ether oxygens (including phenoxy) is 1. The minimum Gasteiger partial charge on any atom is -0.495 e. The Morgan fingerprint density at radius 3 is 2.62 bits per heavy atom. The quantitative estimate of drug-likeness (QED) is 0.726. The number of rotatable bonds is 8. The zero-order valence-electron chi connectivity index (χ0n) is 14.3. The Kier molecular flexibility index (Phi) is 6.01. The lowest BCUT2D eigenvalue weighted by atomic mass is 10.2. The second-order valence-corrected chi connectivity index (χ2v) is 7.34. The number of hydrogen-bond acceptors (Lipinski definition) is 4. The summed E-state index contributed by atoms with van der Waals surface area (Å²) < 4.78 is 32.1. The molecule has 6 nitrogen and oxygen atoms in total. The summed E-state index contributed by atoms with van der Waals surface area (Å²) >= 11 is 0. The fourth-order valence-corrected chi connectivity index (χ4v) is 3.76. The Bertz CT molecular complexity index is 724. The van der Waals surface area contributed by atoms with Crippen molar-refractivity contribution in [3.8, 4) is 5.75 Å². The van der Waals surface area contributed by atoms with Crippen LogP contribution in [0.3, 0.4) is 0 Å². The Morgan fingerprint density at radius 1 is 1.38 bits per heavy atom. The largest absolute Gasteiger partial charge is 0.495 e. The lowest BCUT2D eigenvalue weighted by Gasteiger charge is -2.18. The Morgan fingerprint density at radius 2 is 2.08 bits per heavy atom. The lowest BCUT2D eigenvalue weighted by Crippen LogP contribution is -2.31. The zero-order valence-corrected chi connectivity index (χ0v) is 15.1. The molecule has 1 aliphatic rings. The van der Waals surface area contributed by atoms with Crippen molar-refractivity contribution in [2.75, 3.05) is 20.2 Å². The lowest BCUT2D eigenvalue weighted by molar-refractivity contribution is -0.126. The molecule has 1 aromatic rings. The number of nitrogens with one attached hydrogen (secondary N) is 1. The van der Waals surface area contributed by atoms with Crippen molar-refractivity contribution in [2.24, 2.45) is 0 Å².